The van der Waals surface area contributed by atoms with Crippen LogP contribution in [-0.4, -0.2) is 47.7 Å². The molecule has 140 valence electrons. The monoisotopic (exact) mass is 358 g/mol. The van der Waals surface area contributed by atoms with Gasteiger partial charge in [-0.2, -0.15) is 0 Å². The van der Waals surface area contributed by atoms with E-state index in [0.717, 1.165) is 19.6 Å². The van der Waals surface area contributed by atoms with Gasteiger partial charge in [0.2, 0.25) is 5.88 Å². The van der Waals surface area contributed by atoms with Crippen molar-refractivity contribution in [2.45, 2.75) is 38.6 Å². The minimum absolute atomic E-state index is 0.212. The maximum atomic E-state index is 14.5. The van der Waals surface area contributed by atoms with Crippen molar-refractivity contribution in [3.8, 4) is 5.88 Å². The summed E-state index contributed by atoms with van der Waals surface area (Å²) in [4.78, 5) is 11.0. The zero-order valence-electron chi connectivity index (χ0n) is 15.5. The van der Waals surface area contributed by atoms with Crippen molar-refractivity contribution in [1.82, 2.24) is 14.9 Å². The predicted octanol–water partition coefficient (Wildman–Crippen LogP) is 2.77. The minimum atomic E-state index is -0.292. The number of ether oxygens (including phenoxy) is 1. The fourth-order valence-electron chi connectivity index (χ4n) is 5.06. The molecular formula is C20H27FN4O. The Labute approximate surface area is 153 Å². The number of pyridine rings is 2. The van der Waals surface area contributed by atoms with Crippen LogP contribution in [0.1, 0.15) is 31.7 Å². The second-order valence-electron chi connectivity index (χ2n) is 7.90. The summed E-state index contributed by atoms with van der Waals surface area (Å²) in [5.41, 5.74) is 8.53. The quantitative estimate of drug-likeness (QED) is 0.890. The van der Waals surface area contributed by atoms with Gasteiger partial charge in [-0.15, -0.1) is 0 Å². The van der Waals surface area contributed by atoms with Crippen LogP contribution in [0.5, 0.6) is 5.88 Å². The second kappa shape index (κ2) is 6.74. The molecule has 0 aromatic carbocycles. The third kappa shape index (κ3) is 2.85. The molecule has 2 N–H and O–H groups in total. The molecule has 2 aromatic heterocycles. The molecule has 0 radical (unpaired) electrons. The molecule has 2 aliphatic rings. The van der Waals surface area contributed by atoms with Crippen LogP contribution in [-0.2, 0) is 6.42 Å². The first-order valence-electron chi connectivity index (χ1n) is 9.49. The van der Waals surface area contributed by atoms with Crippen LogP contribution in [0.3, 0.4) is 0 Å². The first kappa shape index (κ1) is 17.6. The number of hydrogen-bond donors (Lipinski definition) is 1. The van der Waals surface area contributed by atoms with E-state index in [9.17, 15) is 4.39 Å². The number of fused-ring (bicyclic) bond motifs is 2. The van der Waals surface area contributed by atoms with Crippen LogP contribution in [0.15, 0.2) is 18.3 Å². The van der Waals surface area contributed by atoms with Crippen LogP contribution < -0.4 is 10.5 Å². The lowest BCUT2D eigenvalue weighted by Gasteiger charge is -2.33. The molecule has 26 heavy (non-hydrogen) atoms. The SMILES string of the molecule is COc1ccc2ncc(F)c(CCN3C[C@@H]4CCCC4([C@H](C)N)C3)c2n1. The van der Waals surface area contributed by atoms with E-state index in [2.05, 4.69) is 21.8 Å². The van der Waals surface area contributed by atoms with Crippen molar-refractivity contribution >= 4 is 11.0 Å². The van der Waals surface area contributed by atoms with Crippen LogP contribution in [0.2, 0.25) is 0 Å². The van der Waals surface area contributed by atoms with Crippen LogP contribution in [0.4, 0.5) is 4.39 Å². The first-order chi connectivity index (χ1) is 12.5. The smallest absolute Gasteiger partial charge is 0.213 e. The Balaban J connectivity index is 1.54. The highest BCUT2D eigenvalue weighted by molar-refractivity contribution is 5.78. The van der Waals surface area contributed by atoms with Gasteiger partial charge in [-0.25, -0.2) is 9.37 Å². The van der Waals surface area contributed by atoms with Crippen molar-refractivity contribution in [3.63, 3.8) is 0 Å². The van der Waals surface area contributed by atoms with Gasteiger partial charge < -0.3 is 15.4 Å². The van der Waals surface area contributed by atoms with Crippen LogP contribution >= 0.6 is 0 Å². The third-order valence-electron chi connectivity index (χ3n) is 6.54. The Morgan fingerprint density at radius 3 is 3.04 bits per heavy atom. The van der Waals surface area contributed by atoms with Gasteiger partial charge in [-0.1, -0.05) is 6.42 Å². The lowest BCUT2D eigenvalue weighted by Crippen LogP contribution is -2.43. The Bertz CT molecular complexity index is 812. The number of hydrogen-bond acceptors (Lipinski definition) is 5. The number of aromatic nitrogens is 2. The van der Waals surface area contributed by atoms with Crippen molar-refractivity contribution in [3.05, 3.63) is 29.7 Å². The molecule has 0 spiro atoms. The number of likely N-dealkylation sites (tertiary alicyclic amines) is 1. The fourth-order valence-corrected chi connectivity index (χ4v) is 5.06. The lowest BCUT2D eigenvalue weighted by molar-refractivity contribution is 0.201. The number of halogens is 1. The van der Waals surface area contributed by atoms with Crippen LogP contribution in [0.25, 0.3) is 11.0 Å². The zero-order valence-corrected chi connectivity index (χ0v) is 15.5. The number of methoxy groups -OCH3 is 1. The van der Waals surface area contributed by atoms with Gasteiger partial charge in [0.15, 0.2) is 0 Å². The molecule has 1 unspecified atom stereocenters. The van der Waals surface area contributed by atoms with E-state index >= 15 is 0 Å². The van der Waals surface area contributed by atoms with Gasteiger partial charge in [0.1, 0.15) is 5.82 Å². The fraction of sp³-hybridized carbons (Fsp3) is 0.600. The highest BCUT2D eigenvalue weighted by Crippen LogP contribution is 2.50. The van der Waals surface area contributed by atoms with Gasteiger partial charge in [0.05, 0.1) is 24.3 Å². The molecule has 5 nitrogen and oxygen atoms in total. The summed E-state index contributed by atoms with van der Waals surface area (Å²) in [6, 6.07) is 3.80. The van der Waals surface area contributed by atoms with Crippen molar-refractivity contribution in [1.29, 1.82) is 0 Å². The Morgan fingerprint density at radius 2 is 2.31 bits per heavy atom. The van der Waals surface area contributed by atoms with E-state index in [4.69, 9.17) is 10.5 Å². The van der Waals surface area contributed by atoms with Crippen LogP contribution in [0, 0.1) is 17.2 Å². The molecule has 2 aromatic rings. The normalized spacial score (nSPS) is 27.0. The molecule has 2 fully saturated rings. The summed E-state index contributed by atoms with van der Waals surface area (Å²) in [5.74, 6) is 0.872. The van der Waals surface area contributed by atoms with Crippen molar-refractivity contribution in [2.75, 3.05) is 26.7 Å². The minimum Gasteiger partial charge on any atom is -0.481 e. The molecule has 1 aliphatic heterocycles. The average Bonchev–Trinajstić information content (AvgIpc) is 3.18. The topological polar surface area (TPSA) is 64.3 Å². The van der Waals surface area contributed by atoms with Gasteiger partial charge in [-0.05, 0) is 38.2 Å². The van der Waals surface area contributed by atoms with Crippen molar-refractivity contribution < 1.29 is 9.13 Å². The summed E-state index contributed by atoms with van der Waals surface area (Å²) >= 11 is 0. The van der Waals surface area contributed by atoms with Gasteiger partial charge in [-0.3, -0.25) is 4.98 Å². The molecular weight excluding hydrogens is 331 g/mol. The largest absolute Gasteiger partial charge is 0.481 e. The Hall–Kier alpha value is -1.79. The molecule has 0 bridgehead atoms. The van der Waals surface area contributed by atoms with Gasteiger partial charge in [0.25, 0.3) is 0 Å². The molecule has 3 heterocycles. The highest BCUT2D eigenvalue weighted by atomic mass is 19.1. The Kier molecular flexibility index (Phi) is 4.57. The van der Waals surface area contributed by atoms with E-state index < -0.39 is 0 Å². The summed E-state index contributed by atoms with van der Waals surface area (Å²) in [6.07, 6.45) is 5.69. The summed E-state index contributed by atoms with van der Waals surface area (Å²) in [5, 5.41) is 0. The maximum Gasteiger partial charge on any atom is 0.213 e. The maximum absolute atomic E-state index is 14.5. The van der Waals surface area contributed by atoms with E-state index in [-0.39, 0.29) is 17.3 Å². The van der Waals surface area contributed by atoms with Crippen molar-refractivity contribution in [2.24, 2.45) is 17.1 Å². The third-order valence-corrected chi connectivity index (χ3v) is 6.54. The van der Waals surface area contributed by atoms with E-state index in [1.807, 2.05) is 6.07 Å². The summed E-state index contributed by atoms with van der Waals surface area (Å²) < 4.78 is 19.7. The molecule has 1 saturated heterocycles. The van der Waals surface area contributed by atoms with E-state index in [1.54, 1.807) is 13.2 Å². The molecule has 1 aliphatic carbocycles. The lowest BCUT2D eigenvalue weighted by atomic mass is 9.75. The molecule has 0 amide bonds. The first-order valence-corrected chi connectivity index (χ1v) is 9.49. The molecule has 1 saturated carbocycles. The average molecular weight is 358 g/mol. The number of nitrogens with zero attached hydrogens (tertiary/aromatic N) is 3. The second-order valence-corrected chi connectivity index (χ2v) is 7.90. The highest BCUT2D eigenvalue weighted by Gasteiger charge is 2.51. The van der Waals surface area contributed by atoms with E-state index in [0.29, 0.717) is 34.8 Å². The van der Waals surface area contributed by atoms with E-state index in [1.165, 1.54) is 25.5 Å². The Morgan fingerprint density at radius 1 is 1.46 bits per heavy atom. The predicted molar refractivity (Wildman–Crippen MR) is 99.6 cm³/mol. The number of rotatable bonds is 5. The summed E-state index contributed by atoms with van der Waals surface area (Å²) in [6.45, 7) is 5.06. The zero-order chi connectivity index (χ0) is 18.3. The standard InChI is InChI=1S/C20H27FN4O/c1-13(22)20-8-3-4-14(20)11-25(12-20)9-7-15-16(21)10-23-17-5-6-18(26-2)24-19(15)17/h5-6,10,13-14H,3-4,7-9,11-12,22H2,1-2H3/t13-,14-,20?/m0/s1. The van der Waals surface area contributed by atoms with Gasteiger partial charge >= 0.3 is 0 Å². The van der Waals surface area contributed by atoms with Gasteiger partial charge in [0, 0.05) is 42.7 Å². The summed E-state index contributed by atoms with van der Waals surface area (Å²) in [7, 11) is 1.57. The number of nitrogens with two attached hydrogens (primary N) is 1. The molecule has 6 heteroatoms. The molecule has 3 atom stereocenters. The molecule has 4 rings (SSSR count).